The molecule has 20 heavy (non-hydrogen) atoms. The maximum atomic E-state index is 12.4. The van der Waals surface area contributed by atoms with E-state index in [0.29, 0.717) is 15.8 Å². The summed E-state index contributed by atoms with van der Waals surface area (Å²) in [5, 5.41) is 0. The Morgan fingerprint density at radius 1 is 1.55 bits per heavy atom. The molecule has 0 saturated carbocycles. The summed E-state index contributed by atoms with van der Waals surface area (Å²) in [6, 6.07) is 5.61. The number of pyridine rings is 1. The van der Waals surface area contributed by atoms with Gasteiger partial charge in [0.2, 0.25) is 0 Å². The molecule has 0 N–H and O–H groups in total. The minimum absolute atomic E-state index is 0.0406. The standard InChI is InChI=1S/C14H14N2O2S2/c17-13-12(8-10-4-1-2-6-15-10)20-14(19)16(13)9-11-5-3-7-18-11/h1-2,4,6,8,11H,3,5,7,9H2/b12-8-. The van der Waals surface area contributed by atoms with E-state index in [2.05, 4.69) is 4.98 Å². The van der Waals surface area contributed by atoms with Crippen LogP contribution in [0.5, 0.6) is 0 Å². The number of rotatable bonds is 3. The smallest absolute Gasteiger partial charge is 0.266 e. The van der Waals surface area contributed by atoms with Crippen molar-refractivity contribution < 1.29 is 9.53 Å². The SMILES string of the molecule is O=C1/C(=C/c2ccccn2)SC(=S)N1CC1CCCO1. The van der Waals surface area contributed by atoms with Crippen molar-refractivity contribution in [2.24, 2.45) is 0 Å². The topological polar surface area (TPSA) is 42.4 Å². The zero-order valence-electron chi connectivity index (χ0n) is 10.8. The van der Waals surface area contributed by atoms with Crippen LogP contribution in [0, 0.1) is 0 Å². The van der Waals surface area contributed by atoms with Gasteiger partial charge < -0.3 is 4.74 Å². The molecule has 0 aliphatic carbocycles. The van der Waals surface area contributed by atoms with Gasteiger partial charge in [0.25, 0.3) is 5.91 Å². The molecule has 0 bridgehead atoms. The largest absolute Gasteiger partial charge is 0.376 e. The molecule has 4 nitrogen and oxygen atoms in total. The zero-order chi connectivity index (χ0) is 13.9. The Balaban J connectivity index is 1.74. The van der Waals surface area contributed by atoms with Crippen LogP contribution in [0.2, 0.25) is 0 Å². The number of amides is 1. The highest BCUT2D eigenvalue weighted by molar-refractivity contribution is 8.26. The van der Waals surface area contributed by atoms with Crippen LogP contribution >= 0.6 is 24.0 Å². The Hall–Kier alpha value is -1.24. The van der Waals surface area contributed by atoms with E-state index in [0.717, 1.165) is 25.1 Å². The molecule has 0 spiro atoms. The predicted molar refractivity (Wildman–Crippen MR) is 83.1 cm³/mol. The average molecular weight is 306 g/mol. The lowest BCUT2D eigenvalue weighted by atomic mass is 10.2. The van der Waals surface area contributed by atoms with Gasteiger partial charge in [-0.3, -0.25) is 14.7 Å². The summed E-state index contributed by atoms with van der Waals surface area (Å²) in [5.41, 5.74) is 0.769. The lowest BCUT2D eigenvalue weighted by Gasteiger charge is -2.18. The number of thiocarbonyl (C=S) groups is 1. The molecule has 104 valence electrons. The quantitative estimate of drug-likeness (QED) is 0.634. The zero-order valence-corrected chi connectivity index (χ0v) is 12.5. The first-order valence-electron chi connectivity index (χ1n) is 6.52. The third-order valence-electron chi connectivity index (χ3n) is 3.25. The van der Waals surface area contributed by atoms with Crippen molar-refractivity contribution in [3.05, 3.63) is 35.0 Å². The van der Waals surface area contributed by atoms with Crippen LogP contribution in [0.3, 0.4) is 0 Å². The molecule has 2 aliphatic rings. The number of thioether (sulfide) groups is 1. The molecule has 6 heteroatoms. The van der Waals surface area contributed by atoms with Crippen LogP contribution in [0.1, 0.15) is 18.5 Å². The normalized spacial score (nSPS) is 24.9. The van der Waals surface area contributed by atoms with Gasteiger partial charge in [-0.2, -0.15) is 0 Å². The molecule has 2 saturated heterocycles. The maximum Gasteiger partial charge on any atom is 0.266 e. The Labute approximate surface area is 127 Å². The molecular weight excluding hydrogens is 292 g/mol. The molecule has 1 unspecified atom stereocenters. The second kappa shape index (κ2) is 6.03. The van der Waals surface area contributed by atoms with Crippen LogP contribution < -0.4 is 0 Å². The third kappa shape index (κ3) is 2.92. The molecule has 1 aromatic heterocycles. The monoisotopic (exact) mass is 306 g/mol. The van der Waals surface area contributed by atoms with Gasteiger partial charge in [-0.1, -0.05) is 30.0 Å². The number of aromatic nitrogens is 1. The fraction of sp³-hybridized carbons (Fsp3) is 0.357. The number of carbonyl (C=O) groups is 1. The molecule has 2 aliphatic heterocycles. The summed E-state index contributed by atoms with van der Waals surface area (Å²) >= 11 is 6.63. The van der Waals surface area contributed by atoms with E-state index in [-0.39, 0.29) is 12.0 Å². The van der Waals surface area contributed by atoms with E-state index < -0.39 is 0 Å². The van der Waals surface area contributed by atoms with Crippen molar-refractivity contribution in [1.29, 1.82) is 0 Å². The van der Waals surface area contributed by atoms with Crippen molar-refractivity contribution in [2.75, 3.05) is 13.2 Å². The van der Waals surface area contributed by atoms with Crippen LogP contribution in [-0.4, -0.2) is 39.4 Å². The second-order valence-electron chi connectivity index (χ2n) is 4.68. The number of nitrogens with zero attached hydrogens (tertiary/aromatic N) is 2. The fourth-order valence-corrected chi connectivity index (χ4v) is 3.50. The Morgan fingerprint density at radius 3 is 3.15 bits per heavy atom. The summed E-state index contributed by atoms with van der Waals surface area (Å²) in [7, 11) is 0. The van der Waals surface area contributed by atoms with Crippen molar-refractivity contribution in [3.63, 3.8) is 0 Å². The molecule has 2 fully saturated rings. The van der Waals surface area contributed by atoms with Gasteiger partial charge in [-0.15, -0.1) is 0 Å². The van der Waals surface area contributed by atoms with Gasteiger partial charge >= 0.3 is 0 Å². The summed E-state index contributed by atoms with van der Waals surface area (Å²) in [6.45, 7) is 1.34. The molecular formula is C14H14N2O2S2. The first kappa shape index (κ1) is 13.7. The van der Waals surface area contributed by atoms with Crippen LogP contribution in [-0.2, 0) is 9.53 Å². The highest BCUT2D eigenvalue weighted by atomic mass is 32.2. The number of hydrogen-bond acceptors (Lipinski definition) is 5. The van der Waals surface area contributed by atoms with E-state index in [1.807, 2.05) is 18.2 Å². The highest BCUT2D eigenvalue weighted by Gasteiger charge is 2.34. The molecule has 3 heterocycles. The van der Waals surface area contributed by atoms with Crippen molar-refractivity contribution >= 4 is 40.3 Å². The Kier molecular flexibility index (Phi) is 4.14. The minimum atomic E-state index is -0.0406. The van der Waals surface area contributed by atoms with Crippen molar-refractivity contribution in [2.45, 2.75) is 18.9 Å². The molecule has 0 radical (unpaired) electrons. The Morgan fingerprint density at radius 2 is 2.45 bits per heavy atom. The molecule has 0 aromatic carbocycles. The second-order valence-corrected chi connectivity index (χ2v) is 6.36. The summed E-state index contributed by atoms with van der Waals surface area (Å²) in [6.07, 6.45) is 5.67. The summed E-state index contributed by atoms with van der Waals surface area (Å²) in [5.74, 6) is -0.0406. The van der Waals surface area contributed by atoms with Gasteiger partial charge in [0.1, 0.15) is 4.32 Å². The van der Waals surface area contributed by atoms with E-state index in [9.17, 15) is 4.79 Å². The van der Waals surface area contributed by atoms with E-state index in [1.54, 1.807) is 17.2 Å². The lowest BCUT2D eigenvalue weighted by molar-refractivity contribution is -0.123. The average Bonchev–Trinajstić information content (AvgIpc) is 3.05. The van der Waals surface area contributed by atoms with Gasteiger partial charge in [-0.25, -0.2) is 0 Å². The minimum Gasteiger partial charge on any atom is -0.376 e. The van der Waals surface area contributed by atoms with Crippen molar-refractivity contribution in [1.82, 2.24) is 9.88 Å². The predicted octanol–water partition coefficient (Wildman–Crippen LogP) is 2.46. The first-order valence-corrected chi connectivity index (χ1v) is 7.74. The van der Waals surface area contributed by atoms with Crippen molar-refractivity contribution in [3.8, 4) is 0 Å². The number of carbonyl (C=O) groups excluding carboxylic acids is 1. The van der Waals surface area contributed by atoms with Crippen LogP contribution in [0.25, 0.3) is 6.08 Å². The maximum absolute atomic E-state index is 12.4. The number of ether oxygens (including phenoxy) is 1. The first-order chi connectivity index (χ1) is 9.74. The van der Waals surface area contributed by atoms with E-state index in [4.69, 9.17) is 17.0 Å². The van der Waals surface area contributed by atoms with E-state index >= 15 is 0 Å². The van der Waals surface area contributed by atoms with Gasteiger partial charge in [0.15, 0.2) is 0 Å². The molecule has 1 atom stereocenters. The van der Waals surface area contributed by atoms with Crippen LogP contribution in [0.15, 0.2) is 29.3 Å². The van der Waals surface area contributed by atoms with Crippen LogP contribution in [0.4, 0.5) is 0 Å². The summed E-state index contributed by atoms with van der Waals surface area (Å²) in [4.78, 5) is 18.9. The molecule has 1 aromatic rings. The van der Waals surface area contributed by atoms with Gasteiger partial charge in [0.05, 0.1) is 23.2 Å². The summed E-state index contributed by atoms with van der Waals surface area (Å²) < 4.78 is 6.17. The Bertz CT molecular complexity index is 554. The lowest BCUT2D eigenvalue weighted by Crippen LogP contribution is -2.35. The van der Waals surface area contributed by atoms with Gasteiger partial charge in [0, 0.05) is 12.8 Å². The van der Waals surface area contributed by atoms with E-state index in [1.165, 1.54) is 11.8 Å². The fourth-order valence-electron chi connectivity index (χ4n) is 2.25. The van der Waals surface area contributed by atoms with Gasteiger partial charge in [-0.05, 0) is 31.1 Å². The highest BCUT2D eigenvalue weighted by Crippen LogP contribution is 2.33. The molecule has 1 amide bonds. The number of hydrogen-bond donors (Lipinski definition) is 0. The third-order valence-corrected chi connectivity index (χ3v) is 4.63. The molecule has 3 rings (SSSR count).